The molecule has 0 spiro atoms. The van der Waals surface area contributed by atoms with E-state index in [9.17, 15) is 14.4 Å². The Balaban J connectivity index is 1.31. The molecule has 0 aromatic heterocycles. The molecule has 5 rings (SSSR count). The van der Waals surface area contributed by atoms with E-state index in [1.54, 1.807) is 67.8 Å². The summed E-state index contributed by atoms with van der Waals surface area (Å²) in [6.45, 7) is 1.97. The van der Waals surface area contributed by atoms with Gasteiger partial charge in [-0.05, 0) is 72.0 Å². The number of rotatable bonds is 11. The molecule has 0 heterocycles. The van der Waals surface area contributed by atoms with Gasteiger partial charge in [0.25, 0.3) is 11.8 Å². The minimum Gasteiger partial charge on any atom is -0.497 e. The van der Waals surface area contributed by atoms with Crippen LogP contribution in [0.25, 0.3) is 16.8 Å². The maximum Gasteiger partial charge on any atom is 0.272 e. The van der Waals surface area contributed by atoms with Gasteiger partial charge in [-0.3, -0.25) is 14.4 Å². The van der Waals surface area contributed by atoms with Crippen molar-refractivity contribution in [3.63, 3.8) is 0 Å². The summed E-state index contributed by atoms with van der Waals surface area (Å²) in [5, 5.41) is 10.4. The molecule has 226 valence electrons. The molecule has 8 heteroatoms. The number of hydrogen-bond donors (Lipinski definition) is 3. The SMILES string of the molecule is CCC(Sc1cccc(NC(=O)/C(=C\c2ccc(OC)cc2)NC(=O)c2ccccc2)c1)C(=O)Nc1cccc2ccccc12. The molecule has 3 N–H and O–H groups in total. The minimum atomic E-state index is -0.488. The Hall–Kier alpha value is -5.34. The maximum atomic E-state index is 13.5. The van der Waals surface area contributed by atoms with Gasteiger partial charge in [-0.1, -0.05) is 79.7 Å². The van der Waals surface area contributed by atoms with Crippen LogP contribution in [0.15, 0.2) is 132 Å². The van der Waals surface area contributed by atoms with E-state index >= 15 is 0 Å². The third-order valence-corrected chi connectivity index (χ3v) is 8.39. The quantitative estimate of drug-likeness (QED) is 0.104. The lowest BCUT2D eigenvalue weighted by Crippen LogP contribution is -2.30. The van der Waals surface area contributed by atoms with Crippen molar-refractivity contribution in [2.45, 2.75) is 23.5 Å². The molecule has 0 aliphatic carbocycles. The van der Waals surface area contributed by atoms with Gasteiger partial charge in [0.2, 0.25) is 5.91 Å². The molecule has 45 heavy (non-hydrogen) atoms. The smallest absolute Gasteiger partial charge is 0.272 e. The molecule has 0 saturated carbocycles. The molecule has 0 radical (unpaired) electrons. The predicted molar refractivity (Wildman–Crippen MR) is 182 cm³/mol. The first-order valence-electron chi connectivity index (χ1n) is 14.5. The van der Waals surface area contributed by atoms with Crippen LogP contribution in [0.3, 0.4) is 0 Å². The van der Waals surface area contributed by atoms with Gasteiger partial charge < -0.3 is 20.7 Å². The molecule has 5 aromatic carbocycles. The minimum absolute atomic E-state index is 0.0768. The van der Waals surface area contributed by atoms with Crippen LogP contribution in [-0.2, 0) is 9.59 Å². The van der Waals surface area contributed by atoms with Crippen molar-refractivity contribution in [1.82, 2.24) is 5.32 Å². The second kappa shape index (κ2) is 14.9. The highest BCUT2D eigenvalue weighted by Gasteiger charge is 2.20. The zero-order valence-electron chi connectivity index (χ0n) is 25.0. The number of benzene rings is 5. The van der Waals surface area contributed by atoms with Gasteiger partial charge in [0, 0.05) is 27.2 Å². The normalized spacial score (nSPS) is 11.8. The van der Waals surface area contributed by atoms with Crippen molar-refractivity contribution >= 4 is 57.7 Å². The Morgan fingerprint density at radius 2 is 1.51 bits per heavy atom. The first-order chi connectivity index (χ1) is 21.9. The topological polar surface area (TPSA) is 96.5 Å². The summed E-state index contributed by atoms with van der Waals surface area (Å²) < 4.78 is 5.23. The van der Waals surface area contributed by atoms with E-state index in [1.807, 2.05) is 73.7 Å². The van der Waals surface area contributed by atoms with Gasteiger partial charge in [0.05, 0.1) is 12.4 Å². The number of anilines is 2. The fourth-order valence-corrected chi connectivity index (χ4v) is 5.70. The van der Waals surface area contributed by atoms with Crippen molar-refractivity contribution in [3.05, 3.63) is 138 Å². The molecule has 1 atom stereocenters. The van der Waals surface area contributed by atoms with Crippen molar-refractivity contribution < 1.29 is 19.1 Å². The summed E-state index contributed by atoms with van der Waals surface area (Å²) in [5.74, 6) is -0.311. The van der Waals surface area contributed by atoms with E-state index in [-0.39, 0.29) is 16.9 Å². The van der Waals surface area contributed by atoms with Crippen LogP contribution in [0.1, 0.15) is 29.3 Å². The largest absolute Gasteiger partial charge is 0.497 e. The van der Waals surface area contributed by atoms with Gasteiger partial charge in [-0.15, -0.1) is 11.8 Å². The zero-order chi connectivity index (χ0) is 31.6. The lowest BCUT2D eigenvalue weighted by atomic mass is 10.1. The fourth-order valence-electron chi connectivity index (χ4n) is 4.69. The molecular formula is C37H33N3O4S. The van der Waals surface area contributed by atoms with Crippen molar-refractivity contribution in [3.8, 4) is 5.75 Å². The summed E-state index contributed by atoms with van der Waals surface area (Å²) in [4.78, 5) is 40.7. The van der Waals surface area contributed by atoms with E-state index in [2.05, 4.69) is 16.0 Å². The van der Waals surface area contributed by atoms with Crippen molar-refractivity contribution in [1.29, 1.82) is 0 Å². The Morgan fingerprint density at radius 1 is 0.800 bits per heavy atom. The molecule has 3 amide bonds. The lowest BCUT2D eigenvalue weighted by molar-refractivity contribution is -0.116. The van der Waals surface area contributed by atoms with Crippen LogP contribution in [0.2, 0.25) is 0 Å². The van der Waals surface area contributed by atoms with E-state index < -0.39 is 11.8 Å². The Bertz CT molecular complexity index is 1830. The highest BCUT2D eigenvalue weighted by molar-refractivity contribution is 8.00. The molecule has 0 aliphatic rings. The van der Waals surface area contributed by atoms with Crippen LogP contribution in [-0.4, -0.2) is 30.1 Å². The number of fused-ring (bicyclic) bond motifs is 1. The van der Waals surface area contributed by atoms with Crippen molar-refractivity contribution in [2.24, 2.45) is 0 Å². The van der Waals surface area contributed by atoms with Gasteiger partial charge in [-0.2, -0.15) is 0 Å². The monoisotopic (exact) mass is 615 g/mol. The molecule has 0 saturated heterocycles. The second-order valence-electron chi connectivity index (χ2n) is 10.2. The third kappa shape index (κ3) is 8.19. The van der Waals surface area contributed by atoms with Crippen LogP contribution in [0.4, 0.5) is 11.4 Å². The summed E-state index contributed by atoms with van der Waals surface area (Å²) in [5.41, 5.74) is 2.52. The third-order valence-electron chi connectivity index (χ3n) is 7.04. The number of nitrogens with one attached hydrogen (secondary N) is 3. The lowest BCUT2D eigenvalue weighted by Gasteiger charge is -2.17. The van der Waals surface area contributed by atoms with E-state index in [0.29, 0.717) is 29.0 Å². The van der Waals surface area contributed by atoms with E-state index in [4.69, 9.17) is 4.74 Å². The predicted octanol–water partition coefficient (Wildman–Crippen LogP) is 7.77. The van der Waals surface area contributed by atoms with Gasteiger partial charge in [-0.25, -0.2) is 0 Å². The first kappa shape index (κ1) is 31.1. The van der Waals surface area contributed by atoms with E-state index in [0.717, 1.165) is 21.4 Å². The number of methoxy groups -OCH3 is 1. The maximum absolute atomic E-state index is 13.5. The number of thioether (sulfide) groups is 1. The molecule has 0 bridgehead atoms. The average molecular weight is 616 g/mol. The molecule has 7 nitrogen and oxygen atoms in total. The standard InChI is InChI=1S/C37H33N3O4S/c1-3-34(37(43)39-32-18-9-14-26-11-7-8-17-31(26)32)45-30-16-10-15-28(24-30)38-36(42)33(23-25-19-21-29(44-2)22-20-25)40-35(41)27-12-5-4-6-13-27/h4-24,34H,3H2,1-2H3,(H,38,42)(H,39,43)(H,40,41)/b33-23+. The molecular weight excluding hydrogens is 582 g/mol. The second-order valence-corrected chi connectivity index (χ2v) is 11.4. The van der Waals surface area contributed by atoms with Gasteiger partial charge in [0.1, 0.15) is 11.4 Å². The van der Waals surface area contributed by atoms with Gasteiger partial charge in [0.15, 0.2) is 0 Å². The number of ether oxygens (including phenoxy) is 1. The fraction of sp³-hybridized carbons (Fsp3) is 0.108. The zero-order valence-corrected chi connectivity index (χ0v) is 25.8. The highest BCUT2D eigenvalue weighted by atomic mass is 32.2. The number of carbonyl (C=O) groups excluding carboxylic acids is 3. The summed E-state index contributed by atoms with van der Waals surface area (Å²) >= 11 is 1.43. The van der Waals surface area contributed by atoms with Crippen molar-refractivity contribution in [2.75, 3.05) is 17.7 Å². The number of amides is 3. The van der Waals surface area contributed by atoms with Crippen LogP contribution in [0, 0.1) is 0 Å². The Morgan fingerprint density at radius 3 is 2.27 bits per heavy atom. The summed E-state index contributed by atoms with van der Waals surface area (Å²) in [6.07, 6.45) is 2.22. The van der Waals surface area contributed by atoms with Crippen LogP contribution < -0.4 is 20.7 Å². The molecule has 0 aliphatic heterocycles. The van der Waals surface area contributed by atoms with Crippen LogP contribution in [0.5, 0.6) is 5.75 Å². The number of hydrogen-bond acceptors (Lipinski definition) is 5. The Labute approximate surface area is 266 Å². The average Bonchev–Trinajstić information content (AvgIpc) is 3.08. The molecule has 0 fully saturated rings. The Kier molecular flexibility index (Phi) is 10.3. The van der Waals surface area contributed by atoms with Gasteiger partial charge >= 0.3 is 0 Å². The summed E-state index contributed by atoms with van der Waals surface area (Å²) in [7, 11) is 1.58. The molecule has 1 unspecified atom stereocenters. The molecule has 5 aromatic rings. The van der Waals surface area contributed by atoms with E-state index in [1.165, 1.54) is 11.8 Å². The summed E-state index contributed by atoms with van der Waals surface area (Å²) in [6, 6.07) is 36.9. The first-order valence-corrected chi connectivity index (χ1v) is 15.4. The number of carbonyl (C=O) groups is 3. The highest BCUT2D eigenvalue weighted by Crippen LogP contribution is 2.30. The van der Waals surface area contributed by atoms with Crippen LogP contribution >= 0.6 is 11.8 Å².